The van der Waals surface area contributed by atoms with E-state index >= 15 is 0 Å². The Bertz CT molecular complexity index is 4670. The van der Waals surface area contributed by atoms with E-state index in [1.807, 2.05) is 152 Å². The zero-order valence-corrected chi connectivity index (χ0v) is 51.0. The van der Waals surface area contributed by atoms with Gasteiger partial charge in [-0.3, -0.25) is 15.0 Å². The zero-order valence-electron chi connectivity index (χ0n) is 50.2. The minimum Gasteiger partial charge on any atom is -0.496 e. The number of pyridine rings is 3. The maximum absolute atomic E-state index is 6.26. The maximum atomic E-state index is 6.26. The van der Waals surface area contributed by atoms with E-state index in [2.05, 4.69) is 92.0 Å². The molecule has 15 aromatic rings. The normalized spacial score (nSPS) is 11.3. The van der Waals surface area contributed by atoms with E-state index in [4.69, 9.17) is 48.1 Å². The van der Waals surface area contributed by atoms with Crippen molar-refractivity contribution < 1.29 is 33.2 Å². The Labute approximate surface area is 524 Å². The van der Waals surface area contributed by atoms with Gasteiger partial charge in [0.15, 0.2) is 0 Å². The van der Waals surface area contributed by atoms with Gasteiger partial charge in [0.05, 0.1) is 101 Å². The first kappa shape index (κ1) is 58.5. The third-order valence-electron chi connectivity index (χ3n) is 15.7. The number of nitrogens with one attached hydrogen (secondary N) is 4. The Kier molecular flexibility index (Phi) is 17.7. The number of ether oxygens (including phenoxy) is 7. The summed E-state index contributed by atoms with van der Waals surface area (Å²) < 4.78 is 40.9. The zero-order chi connectivity index (χ0) is 61.2. The first-order chi connectivity index (χ1) is 44.5. The number of aromatic amines is 4. The first-order valence-electron chi connectivity index (χ1n) is 29.5. The highest BCUT2D eigenvalue weighted by Crippen LogP contribution is 2.42. The van der Waals surface area contributed by atoms with E-state index in [0.29, 0.717) is 39.6 Å². The van der Waals surface area contributed by atoms with Crippen molar-refractivity contribution in [2.75, 3.05) is 28.4 Å². The number of aromatic nitrogens is 7. The molecule has 8 aromatic heterocycles. The fraction of sp³-hybridized carbons (Fsp3) is 0.133. The molecule has 448 valence electrons. The lowest BCUT2D eigenvalue weighted by atomic mass is 10.0. The molecule has 8 heterocycles. The molecular formula is C75H65N7O7S. The van der Waals surface area contributed by atoms with Crippen molar-refractivity contribution in [3.63, 3.8) is 0 Å². The molecule has 15 heteroatoms. The number of nitrogens with zero attached hydrogens (tertiary/aromatic N) is 3. The Morgan fingerprint density at radius 2 is 0.878 bits per heavy atom. The van der Waals surface area contributed by atoms with Gasteiger partial charge >= 0.3 is 0 Å². The van der Waals surface area contributed by atoms with E-state index in [0.717, 1.165) is 155 Å². The summed E-state index contributed by atoms with van der Waals surface area (Å²) >= 11 is 1.68. The second-order valence-corrected chi connectivity index (χ2v) is 22.4. The number of benzene rings is 7. The molecule has 0 bridgehead atoms. The van der Waals surface area contributed by atoms with Crippen LogP contribution < -0.4 is 18.9 Å². The Hall–Kier alpha value is -10.6. The molecule has 0 saturated carbocycles. The van der Waals surface area contributed by atoms with Gasteiger partial charge in [0.2, 0.25) is 0 Å². The number of H-pyrrole nitrogens is 4. The highest BCUT2D eigenvalue weighted by Gasteiger charge is 2.22. The Balaban J connectivity index is 0.000000124. The van der Waals surface area contributed by atoms with Crippen LogP contribution in [0.2, 0.25) is 0 Å². The second-order valence-electron chi connectivity index (χ2n) is 21.4. The summed E-state index contributed by atoms with van der Waals surface area (Å²) in [5.74, 6) is 3.31. The molecule has 0 radical (unpaired) electrons. The highest BCUT2D eigenvalue weighted by molar-refractivity contribution is 7.13. The minimum atomic E-state index is 0.430. The summed E-state index contributed by atoms with van der Waals surface area (Å²) in [5.41, 5.74) is 17.2. The van der Waals surface area contributed by atoms with Gasteiger partial charge in [-0.25, -0.2) is 0 Å². The van der Waals surface area contributed by atoms with Gasteiger partial charge < -0.3 is 53.1 Å². The lowest BCUT2D eigenvalue weighted by molar-refractivity contribution is 0.186. The van der Waals surface area contributed by atoms with Gasteiger partial charge in [0.25, 0.3) is 0 Å². The molecule has 0 aliphatic heterocycles. The second kappa shape index (κ2) is 27.2. The summed E-state index contributed by atoms with van der Waals surface area (Å²) in [6, 6.07) is 65.0. The standard InChI is InChI=1S/C27H24N2O3.C24H21N3O2.C24H20N2O2S/c1-30-17-22-26-21-14-19(32-16-18-8-4-3-5-9-18)12-13-23(21)29-24(26)15-28-27(22)20-10-6-7-11-25(20)31-2;1-28-15-17-22-20(13-26-24(17)19-10-6-12-25-19)27-18-9-5-11-21(23(18)22)29-14-16-7-3-2-4-8-16;1-27-15-17-22-19(13-25-24(17)21-11-6-12-29-21)26-18-9-5-10-20(23(18)22)28-14-16-7-3-2-4-8-16/h3-15,29H,16-17H2,1-2H3;2-13,25,27H,14-15H2,1H3;2-13,26H,14-15H2,1H3. The van der Waals surface area contributed by atoms with E-state index < -0.39 is 0 Å². The number of hydrogen-bond acceptors (Lipinski definition) is 11. The number of rotatable bonds is 19. The number of hydrogen-bond donors (Lipinski definition) is 4. The van der Waals surface area contributed by atoms with Gasteiger partial charge in [-0.15, -0.1) is 11.3 Å². The van der Waals surface area contributed by atoms with Gasteiger partial charge in [0.1, 0.15) is 42.8 Å². The smallest absolute Gasteiger partial charge is 0.129 e. The first-order valence-corrected chi connectivity index (χ1v) is 30.4. The molecule has 90 heavy (non-hydrogen) atoms. The molecule has 15 rings (SSSR count). The van der Waals surface area contributed by atoms with E-state index in [-0.39, 0.29) is 0 Å². The van der Waals surface area contributed by atoms with Crippen LogP contribution in [0.1, 0.15) is 33.4 Å². The van der Waals surface area contributed by atoms with Crippen molar-refractivity contribution in [2.45, 2.75) is 39.6 Å². The molecule has 7 aromatic carbocycles. The molecule has 0 aliphatic carbocycles. The van der Waals surface area contributed by atoms with Crippen molar-refractivity contribution in [3.8, 4) is 56.2 Å². The van der Waals surface area contributed by atoms with Gasteiger partial charge in [-0.05, 0) is 94.9 Å². The maximum Gasteiger partial charge on any atom is 0.129 e. The molecule has 14 nitrogen and oxygen atoms in total. The Morgan fingerprint density at radius 1 is 0.378 bits per heavy atom. The molecule has 4 N–H and O–H groups in total. The van der Waals surface area contributed by atoms with Crippen LogP contribution in [0.25, 0.3) is 98.6 Å². The third kappa shape index (κ3) is 12.2. The lowest BCUT2D eigenvalue weighted by Crippen LogP contribution is -1.98. The number of fused-ring (bicyclic) bond motifs is 9. The number of thiophene rings is 1. The molecule has 0 saturated heterocycles. The fourth-order valence-corrected chi connectivity index (χ4v) is 12.4. The molecule has 0 atom stereocenters. The lowest BCUT2D eigenvalue weighted by Gasteiger charge is -2.13. The largest absolute Gasteiger partial charge is 0.496 e. The van der Waals surface area contributed by atoms with E-state index in [1.165, 1.54) is 0 Å². The van der Waals surface area contributed by atoms with Crippen molar-refractivity contribution >= 4 is 76.8 Å². The molecule has 0 fully saturated rings. The van der Waals surface area contributed by atoms with Gasteiger partial charge in [-0.1, -0.05) is 121 Å². The SMILES string of the molecule is COCc1c(-c2ccc[nH]2)ncc2[nH]c3cccc(OCc4ccccc4)c3c12.COCc1c(-c2ccccc2OC)ncc2[nH]c3ccc(OCc4ccccc4)cc3c12.COCc1c(-c2cccs2)ncc2[nH]c3cccc(OCc4ccccc4)c3c12. The van der Waals surface area contributed by atoms with Crippen molar-refractivity contribution in [1.82, 2.24) is 34.9 Å². The third-order valence-corrected chi connectivity index (χ3v) is 16.6. The van der Waals surface area contributed by atoms with Crippen LogP contribution in [0, 0.1) is 0 Å². The molecule has 0 spiro atoms. The minimum absolute atomic E-state index is 0.430. The summed E-state index contributed by atoms with van der Waals surface area (Å²) in [7, 11) is 6.81. The van der Waals surface area contributed by atoms with Crippen LogP contribution in [0.5, 0.6) is 23.0 Å². The molecule has 0 amide bonds. The average molecular weight is 1210 g/mol. The monoisotopic (exact) mass is 1210 g/mol. The van der Waals surface area contributed by atoms with Crippen LogP contribution in [-0.2, 0) is 53.9 Å². The Morgan fingerprint density at radius 3 is 1.42 bits per heavy atom. The van der Waals surface area contributed by atoms with E-state index in [1.54, 1.807) is 39.8 Å². The molecule has 0 unspecified atom stereocenters. The van der Waals surface area contributed by atoms with Crippen LogP contribution in [0.4, 0.5) is 0 Å². The van der Waals surface area contributed by atoms with Crippen LogP contribution in [-0.4, -0.2) is 63.3 Å². The van der Waals surface area contributed by atoms with Crippen molar-refractivity contribution in [3.05, 3.63) is 258 Å². The molecule has 0 aliphatic rings. The van der Waals surface area contributed by atoms with Crippen molar-refractivity contribution in [2.24, 2.45) is 0 Å². The number of methoxy groups -OCH3 is 4. The van der Waals surface area contributed by atoms with Crippen LogP contribution in [0.3, 0.4) is 0 Å². The summed E-state index contributed by atoms with van der Waals surface area (Å²) in [5, 5.41) is 8.57. The molecular weight excluding hydrogens is 1140 g/mol. The topological polar surface area (TPSA) is 166 Å². The highest BCUT2D eigenvalue weighted by atomic mass is 32.1. The summed E-state index contributed by atoms with van der Waals surface area (Å²) in [4.78, 5) is 29.1. The fourth-order valence-electron chi connectivity index (χ4n) is 11.7. The number of para-hydroxylation sites is 1. The van der Waals surface area contributed by atoms with Crippen LogP contribution >= 0.6 is 11.3 Å². The van der Waals surface area contributed by atoms with Crippen LogP contribution in [0.15, 0.2) is 224 Å². The predicted octanol–water partition coefficient (Wildman–Crippen LogP) is 17.7. The van der Waals surface area contributed by atoms with Crippen molar-refractivity contribution in [1.29, 1.82) is 0 Å². The van der Waals surface area contributed by atoms with Gasteiger partial charge in [0, 0.05) is 87.6 Å². The average Bonchev–Trinajstić information content (AvgIpc) is 1.73. The predicted molar refractivity (Wildman–Crippen MR) is 360 cm³/mol. The summed E-state index contributed by atoms with van der Waals surface area (Å²) in [6.45, 7) is 2.93. The quantitative estimate of drug-likeness (QED) is 0.0612. The van der Waals surface area contributed by atoms with E-state index in [9.17, 15) is 0 Å². The summed E-state index contributed by atoms with van der Waals surface area (Å²) in [6.07, 6.45) is 7.57. The van der Waals surface area contributed by atoms with Gasteiger partial charge in [-0.2, -0.15) is 0 Å².